The lowest BCUT2D eigenvalue weighted by Gasteiger charge is -2.40. The van der Waals surface area contributed by atoms with Crippen LogP contribution in [-0.2, 0) is 23.9 Å². The Balaban J connectivity index is 3.13. The lowest BCUT2D eigenvalue weighted by atomic mass is 9.73. The third kappa shape index (κ3) is 6.95. The molecule has 1 rings (SSSR count). The Labute approximate surface area is 194 Å². The van der Waals surface area contributed by atoms with Crippen molar-refractivity contribution in [1.82, 2.24) is 0 Å². The number of hydrogen-bond donors (Lipinski definition) is 1. The molecule has 32 heavy (non-hydrogen) atoms. The summed E-state index contributed by atoms with van der Waals surface area (Å²) >= 11 is 0. The van der Waals surface area contributed by atoms with E-state index in [9.17, 15) is 19.5 Å². The molecule has 3 unspecified atom stereocenters. The fraction of sp³-hybridized carbons (Fsp3) is 0.885. The summed E-state index contributed by atoms with van der Waals surface area (Å²) in [6.45, 7) is 17.1. The summed E-state index contributed by atoms with van der Waals surface area (Å²) in [6, 6.07) is 0. The zero-order chi connectivity index (χ0) is 25.0. The average molecular weight is 455 g/mol. The molecule has 0 radical (unpaired) electrons. The largest absolute Gasteiger partial charge is 0.481 e. The molecule has 0 aromatic heterocycles. The average Bonchev–Trinajstić information content (AvgIpc) is 3.13. The van der Waals surface area contributed by atoms with Crippen LogP contribution in [0, 0.1) is 22.7 Å². The monoisotopic (exact) mass is 454 g/mol. The van der Waals surface area contributed by atoms with Crippen LogP contribution < -0.4 is 0 Å². The maximum atomic E-state index is 13.5. The van der Waals surface area contributed by atoms with Crippen molar-refractivity contribution < 1.29 is 29.0 Å². The van der Waals surface area contributed by atoms with E-state index in [2.05, 4.69) is 0 Å². The van der Waals surface area contributed by atoms with Gasteiger partial charge in [-0.05, 0) is 72.1 Å². The molecule has 6 nitrogen and oxygen atoms in total. The van der Waals surface area contributed by atoms with E-state index in [1.165, 1.54) is 0 Å². The number of carboxylic acids is 1. The van der Waals surface area contributed by atoms with Gasteiger partial charge in [0.2, 0.25) is 0 Å². The van der Waals surface area contributed by atoms with Crippen LogP contribution in [0.15, 0.2) is 0 Å². The van der Waals surface area contributed by atoms with Crippen LogP contribution in [0.5, 0.6) is 0 Å². The van der Waals surface area contributed by atoms with E-state index in [4.69, 9.17) is 9.47 Å². The molecule has 1 aliphatic rings. The van der Waals surface area contributed by atoms with Crippen LogP contribution >= 0.6 is 0 Å². The molecule has 1 aliphatic carbocycles. The molecule has 186 valence electrons. The molecule has 0 saturated heterocycles. The molecule has 0 aromatic rings. The smallest absolute Gasteiger partial charge is 0.312 e. The van der Waals surface area contributed by atoms with Crippen LogP contribution in [0.1, 0.15) is 114 Å². The van der Waals surface area contributed by atoms with E-state index in [1.54, 1.807) is 20.8 Å². The van der Waals surface area contributed by atoms with Crippen molar-refractivity contribution in [1.29, 1.82) is 0 Å². The fourth-order valence-corrected chi connectivity index (χ4v) is 4.33. The molecule has 1 fully saturated rings. The van der Waals surface area contributed by atoms with Crippen molar-refractivity contribution in [2.75, 3.05) is 0 Å². The SMILES string of the molecule is CCC(CC(C)(CC(C)C(=O)OC(C)(C)C(C)(C)C)C(=O)OC1(CC)CCCC1)C(=O)O. The Bertz CT molecular complexity index is 668. The van der Waals surface area contributed by atoms with Crippen molar-refractivity contribution >= 4 is 17.9 Å². The van der Waals surface area contributed by atoms with Gasteiger partial charge < -0.3 is 14.6 Å². The summed E-state index contributed by atoms with van der Waals surface area (Å²) in [6.07, 6.45) is 5.18. The van der Waals surface area contributed by atoms with Crippen LogP contribution in [0.25, 0.3) is 0 Å². The number of carbonyl (C=O) groups excluding carboxylic acids is 2. The number of carbonyl (C=O) groups is 3. The number of ether oxygens (including phenoxy) is 2. The molecular formula is C26H46O6. The number of aliphatic carboxylic acids is 1. The van der Waals surface area contributed by atoms with E-state index in [0.717, 1.165) is 32.1 Å². The normalized spacial score (nSPS) is 20.2. The van der Waals surface area contributed by atoms with Gasteiger partial charge in [0.15, 0.2) is 0 Å². The van der Waals surface area contributed by atoms with Gasteiger partial charge in [-0.25, -0.2) is 0 Å². The predicted octanol–water partition coefficient (Wildman–Crippen LogP) is 6.15. The minimum absolute atomic E-state index is 0.137. The standard InChI is InChI=1S/C26H46O6/c1-10-19(20(27)28)17-25(9,22(30)32-26(11-2)14-12-13-15-26)16-18(3)21(29)31-24(7,8)23(4,5)6/h18-19H,10-17H2,1-9H3,(H,27,28). The first-order valence-electron chi connectivity index (χ1n) is 12.2. The summed E-state index contributed by atoms with van der Waals surface area (Å²) < 4.78 is 11.9. The van der Waals surface area contributed by atoms with Crippen LogP contribution in [0.3, 0.4) is 0 Å². The fourth-order valence-electron chi connectivity index (χ4n) is 4.33. The summed E-state index contributed by atoms with van der Waals surface area (Å²) in [4.78, 5) is 38.2. The number of esters is 2. The van der Waals surface area contributed by atoms with Gasteiger partial charge in [-0.1, -0.05) is 41.5 Å². The molecule has 1 saturated carbocycles. The Morgan fingerprint density at radius 1 is 0.969 bits per heavy atom. The first-order chi connectivity index (χ1) is 14.5. The Kier molecular flexibility index (Phi) is 9.39. The van der Waals surface area contributed by atoms with Crippen molar-refractivity contribution in [3.8, 4) is 0 Å². The molecule has 0 aromatic carbocycles. The van der Waals surface area contributed by atoms with E-state index in [1.807, 2.05) is 41.5 Å². The summed E-state index contributed by atoms with van der Waals surface area (Å²) in [7, 11) is 0. The number of carboxylic acid groups (broad SMARTS) is 1. The highest BCUT2D eigenvalue weighted by atomic mass is 16.6. The quantitative estimate of drug-likeness (QED) is 0.376. The minimum Gasteiger partial charge on any atom is -0.481 e. The zero-order valence-electron chi connectivity index (χ0n) is 21.8. The van der Waals surface area contributed by atoms with Gasteiger partial charge in [0.25, 0.3) is 0 Å². The second-order valence-electron chi connectivity index (χ2n) is 11.6. The molecule has 6 heteroatoms. The van der Waals surface area contributed by atoms with Gasteiger partial charge in [0.05, 0.1) is 17.3 Å². The molecule has 0 spiro atoms. The van der Waals surface area contributed by atoms with Crippen LogP contribution in [0.4, 0.5) is 0 Å². The van der Waals surface area contributed by atoms with E-state index in [-0.39, 0.29) is 24.2 Å². The molecule has 0 aliphatic heterocycles. The molecule has 0 heterocycles. The maximum absolute atomic E-state index is 13.5. The summed E-state index contributed by atoms with van der Waals surface area (Å²) in [5.41, 5.74) is -2.50. The maximum Gasteiger partial charge on any atom is 0.312 e. The minimum atomic E-state index is -1.09. The first kappa shape index (κ1) is 28.4. The highest BCUT2D eigenvalue weighted by molar-refractivity contribution is 5.80. The lowest BCUT2D eigenvalue weighted by molar-refractivity contribution is -0.179. The molecular weight excluding hydrogens is 408 g/mol. The van der Waals surface area contributed by atoms with Crippen molar-refractivity contribution in [3.63, 3.8) is 0 Å². The third-order valence-corrected chi connectivity index (χ3v) is 7.82. The van der Waals surface area contributed by atoms with E-state index < -0.39 is 40.4 Å². The lowest BCUT2D eigenvalue weighted by Crippen LogP contribution is -2.44. The highest BCUT2D eigenvalue weighted by Gasteiger charge is 2.46. The van der Waals surface area contributed by atoms with Gasteiger partial charge in [-0.15, -0.1) is 0 Å². The third-order valence-electron chi connectivity index (χ3n) is 7.82. The second-order valence-corrected chi connectivity index (χ2v) is 11.6. The summed E-state index contributed by atoms with van der Waals surface area (Å²) in [5.74, 6) is -2.94. The molecule has 0 amide bonds. The zero-order valence-corrected chi connectivity index (χ0v) is 21.8. The summed E-state index contributed by atoms with van der Waals surface area (Å²) in [5, 5.41) is 9.64. The van der Waals surface area contributed by atoms with Crippen molar-refractivity contribution in [3.05, 3.63) is 0 Å². The molecule has 0 bridgehead atoms. The van der Waals surface area contributed by atoms with Gasteiger partial charge >= 0.3 is 17.9 Å². The molecule has 3 atom stereocenters. The predicted molar refractivity (Wildman–Crippen MR) is 125 cm³/mol. The van der Waals surface area contributed by atoms with Crippen molar-refractivity contribution in [2.24, 2.45) is 22.7 Å². The van der Waals surface area contributed by atoms with Gasteiger partial charge in [-0.3, -0.25) is 14.4 Å². The topological polar surface area (TPSA) is 89.9 Å². The van der Waals surface area contributed by atoms with E-state index >= 15 is 0 Å². The van der Waals surface area contributed by atoms with Gasteiger partial charge in [0, 0.05) is 5.41 Å². The Morgan fingerprint density at radius 3 is 1.91 bits per heavy atom. The van der Waals surface area contributed by atoms with Gasteiger partial charge in [-0.2, -0.15) is 0 Å². The van der Waals surface area contributed by atoms with Gasteiger partial charge in [0.1, 0.15) is 11.2 Å². The second kappa shape index (κ2) is 10.6. The Morgan fingerprint density at radius 2 is 1.50 bits per heavy atom. The number of hydrogen-bond acceptors (Lipinski definition) is 5. The van der Waals surface area contributed by atoms with Crippen molar-refractivity contribution in [2.45, 2.75) is 125 Å². The first-order valence-corrected chi connectivity index (χ1v) is 12.2. The molecule has 1 N–H and O–H groups in total. The van der Waals surface area contributed by atoms with Crippen LogP contribution in [-0.4, -0.2) is 34.2 Å². The van der Waals surface area contributed by atoms with Crippen LogP contribution in [0.2, 0.25) is 0 Å². The number of rotatable bonds is 11. The highest BCUT2D eigenvalue weighted by Crippen LogP contribution is 2.42. The Hall–Kier alpha value is -1.59. The van der Waals surface area contributed by atoms with E-state index in [0.29, 0.717) is 6.42 Å².